The van der Waals surface area contributed by atoms with E-state index in [2.05, 4.69) is 60.0 Å². The topological polar surface area (TPSA) is 18.5 Å². The molecule has 0 spiro atoms. The third-order valence-corrected chi connectivity index (χ3v) is 4.74. The second-order valence-corrected chi connectivity index (χ2v) is 6.40. The van der Waals surface area contributed by atoms with Crippen LogP contribution in [0.1, 0.15) is 21.6 Å². The number of ether oxygens (including phenoxy) is 2. The van der Waals surface area contributed by atoms with Crippen molar-refractivity contribution in [3.8, 4) is 11.5 Å². The summed E-state index contributed by atoms with van der Waals surface area (Å²) < 4.78 is 10.4. The average Bonchev–Trinajstić information content (AvgIpc) is 3.13. The first-order valence-corrected chi connectivity index (χ1v) is 8.88. The number of thiophene rings is 1. The lowest BCUT2D eigenvalue weighted by molar-refractivity contribution is 0.414. The van der Waals surface area contributed by atoms with Gasteiger partial charge in [0.2, 0.25) is 0 Å². The first-order chi connectivity index (χ1) is 12.3. The van der Waals surface area contributed by atoms with Crippen molar-refractivity contribution in [3.05, 3.63) is 81.5 Å². The highest BCUT2D eigenvalue weighted by Crippen LogP contribution is 2.23. The van der Waals surface area contributed by atoms with Crippen LogP contribution in [0.5, 0.6) is 11.5 Å². The Kier molecular flexibility index (Phi) is 5.70. The van der Waals surface area contributed by atoms with Crippen LogP contribution in [0.25, 0.3) is 24.3 Å². The molecule has 2 aromatic carbocycles. The summed E-state index contributed by atoms with van der Waals surface area (Å²) in [6, 6.07) is 18.2. The number of hydrogen-bond donors (Lipinski definition) is 0. The molecule has 0 amide bonds. The van der Waals surface area contributed by atoms with Gasteiger partial charge in [-0.05, 0) is 58.5 Å². The molecule has 0 unspecified atom stereocenters. The van der Waals surface area contributed by atoms with Gasteiger partial charge in [-0.1, -0.05) is 42.5 Å². The van der Waals surface area contributed by atoms with Gasteiger partial charge in [0.25, 0.3) is 0 Å². The number of benzene rings is 2. The van der Waals surface area contributed by atoms with E-state index in [1.54, 1.807) is 25.6 Å². The molecule has 3 rings (SSSR count). The molecule has 0 aliphatic rings. The zero-order valence-electron chi connectivity index (χ0n) is 14.3. The Morgan fingerprint density at radius 2 is 1.16 bits per heavy atom. The summed E-state index contributed by atoms with van der Waals surface area (Å²) in [6.45, 7) is 0. The predicted octanol–water partition coefficient (Wildman–Crippen LogP) is 6.11. The second kappa shape index (κ2) is 8.36. The Labute approximate surface area is 152 Å². The van der Waals surface area contributed by atoms with Crippen LogP contribution in [0.15, 0.2) is 60.0 Å². The molecule has 0 bridgehead atoms. The maximum atomic E-state index is 5.19. The van der Waals surface area contributed by atoms with Gasteiger partial charge in [0.05, 0.1) is 14.2 Å². The molecule has 0 aliphatic heterocycles. The molecule has 3 heteroatoms. The highest BCUT2D eigenvalue weighted by atomic mass is 32.1. The van der Waals surface area contributed by atoms with Gasteiger partial charge >= 0.3 is 0 Å². The van der Waals surface area contributed by atoms with Crippen LogP contribution < -0.4 is 9.47 Å². The van der Waals surface area contributed by atoms with E-state index in [0.29, 0.717) is 0 Å². The van der Waals surface area contributed by atoms with Crippen molar-refractivity contribution >= 4 is 35.6 Å². The minimum absolute atomic E-state index is 0.871. The Balaban J connectivity index is 1.72. The summed E-state index contributed by atoms with van der Waals surface area (Å²) in [5.41, 5.74) is 3.52. The largest absolute Gasteiger partial charge is 0.497 e. The van der Waals surface area contributed by atoms with Crippen molar-refractivity contribution in [3.63, 3.8) is 0 Å². The molecule has 0 fully saturated rings. The minimum atomic E-state index is 0.871. The fourth-order valence-corrected chi connectivity index (χ4v) is 3.17. The lowest BCUT2D eigenvalue weighted by Gasteiger charge is -2.00. The van der Waals surface area contributed by atoms with Crippen molar-refractivity contribution in [1.29, 1.82) is 0 Å². The molecule has 1 aromatic heterocycles. The zero-order valence-corrected chi connectivity index (χ0v) is 15.1. The molecule has 25 heavy (non-hydrogen) atoms. The molecular formula is C22H20O2S. The van der Waals surface area contributed by atoms with E-state index >= 15 is 0 Å². The Morgan fingerprint density at radius 3 is 1.68 bits per heavy atom. The third-order valence-electron chi connectivity index (χ3n) is 3.84. The Hall–Kier alpha value is -2.78. The van der Waals surface area contributed by atoms with Crippen LogP contribution in [0.2, 0.25) is 0 Å². The van der Waals surface area contributed by atoms with Crippen LogP contribution in [0, 0.1) is 0 Å². The van der Waals surface area contributed by atoms with Crippen LogP contribution in [0.3, 0.4) is 0 Å². The highest BCUT2D eigenvalue weighted by Gasteiger charge is 1.98. The number of methoxy groups -OCH3 is 2. The summed E-state index contributed by atoms with van der Waals surface area (Å²) in [5, 5.41) is 2.11. The maximum Gasteiger partial charge on any atom is 0.118 e. The molecule has 1 heterocycles. The Bertz CT molecular complexity index is 784. The van der Waals surface area contributed by atoms with E-state index in [4.69, 9.17) is 9.47 Å². The van der Waals surface area contributed by atoms with Gasteiger partial charge in [0, 0.05) is 4.88 Å². The molecule has 126 valence electrons. The molecule has 0 atom stereocenters. The number of hydrogen-bond acceptors (Lipinski definition) is 3. The van der Waals surface area contributed by atoms with E-state index in [9.17, 15) is 0 Å². The van der Waals surface area contributed by atoms with Crippen molar-refractivity contribution in [1.82, 2.24) is 0 Å². The summed E-state index contributed by atoms with van der Waals surface area (Å²) in [4.78, 5) is 1.24. The quantitative estimate of drug-likeness (QED) is 0.535. The summed E-state index contributed by atoms with van der Waals surface area (Å²) in [7, 11) is 3.36. The minimum Gasteiger partial charge on any atom is -0.497 e. The molecule has 0 N–H and O–H groups in total. The predicted molar refractivity (Wildman–Crippen MR) is 108 cm³/mol. The monoisotopic (exact) mass is 348 g/mol. The molecule has 2 nitrogen and oxygen atoms in total. The van der Waals surface area contributed by atoms with Gasteiger partial charge in [-0.15, -0.1) is 11.3 Å². The van der Waals surface area contributed by atoms with E-state index in [0.717, 1.165) is 22.6 Å². The van der Waals surface area contributed by atoms with Crippen molar-refractivity contribution in [2.45, 2.75) is 0 Å². The lowest BCUT2D eigenvalue weighted by atomic mass is 10.1. The van der Waals surface area contributed by atoms with Gasteiger partial charge in [-0.3, -0.25) is 0 Å². The van der Waals surface area contributed by atoms with E-state index in [1.807, 2.05) is 24.3 Å². The van der Waals surface area contributed by atoms with E-state index in [1.165, 1.54) is 10.4 Å². The summed E-state index contributed by atoms with van der Waals surface area (Å²) in [5.74, 6) is 1.74. The summed E-state index contributed by atoms with van der Waals surface area (Å²) in [6.07, 6.45) is 8.54. The van der Waals surface area contributed by atoms with Gasteiger partial charge in [0.1, 0.15) is 11.5 Å². The van der Waals surface area contributed by atoms with E-state index in [-0.39, 0.29) is 0 Å². The maximum absolute atomic E-state index is 5.19. The Morgan fingerprint density at radius 1 is 0.640 bits per heavy atom. The van der Waals surface area contributed by atoms with Crippen LogP contribution in [-0.4, -0.2) is 14.2 Å². The molecule has 0 saturated carbocycles. The molecule has 0 radical (unpaired) electrons. The molecule has 0 aliphatic carbocycles. The van der Waals surface area contributed by atoms with Crippen molar-refractivity contribution in [2.24, 2.45) is 0 Å². The zero-order chi connectivity index (χ0) is 17.5. The first-order valence-electron chi connectivity index (χ1n) is 8.00. The molecule has 3 aromatic rings. The highest BCUT2D eigenvalue weighted by molar-refractivity contribution is 7.11. The molecular weight excluding hydrogens is 328 g/mol. The van der Waals surface area contributed by atoms with Crippen LogP contribution >= 0.6 is 11.3 Å². The fourth-order valence-electron chi connectivity index (χ4n) is 2.39. The third kappa shape index (κ3) is 4.61. The van der Waals surface area contributed by atoms with Gasteiger partial charge < -0.3 is 9.47 Å². The second-order valence-electron chi connectivity index (χ2n) is 5.45. The smallest absolute Gasteiger partial charge is 0.118 e. The SMILES string of the molecule is COc1ccc(/C=C/c2ccsc2/C=C/c2ccc(OC)cc2)cc1. The van der Waals surface area contributed by atoms with Gasteiger partial charge in [-0.25, -0.2) is 0 Å². The first kappa shape index (κ1) is 17.1. The standard InChI is InChI=1S/C22H20O2S/c1-23-20-10-4-17(5-11-20)3-9-19-15-16-25-22(19)14-8-18-6-12-21(24-2)13-7-18/h3-16H,1-2H3/b9-3+,14-8+. The fraction of sp³-hybridized carbons (Fsp3) is 0.0909. The number of rotatable bonds is 6. The lowest BCUT2D eigenvalue weighted by Crippen LogP contribution is -1.81. The average molecular weight is 348 g/mol. The normalized spacial score (nSPS) is 11.3. The van der Waals surface area contributed by atoms with Gasteiger partial charge in [0.15, 0.2) is 0 Å². The van der Waals surface area contributed by atoms with E-state index < -0.39 is 0 Å². The van der Waals surface area contributed by atoms with Crippen LogP contribution in [-0.2, 0) is 0 Å². The van der Waals surface area contributed by atoms with Crippen LogP contribution in [0.4, 0.5) is 0 Å². The van der Waals surface area contributed by atoms with Gasteiger partial charge in [-0.2, -0.15) is 0 Å². The van der Waals surface area contributed by atoms with Crippen molar-refractivity contribution < 1.29 is 9.47 Å². The summed E-state index contributed by atoms with van der Waals surface area (Å²) >= 11 is 1.73. The van der Waals surface area contributed by atoms with Crippen molar-refractivity contribution in [2.75, 3.05) is 14.2 Å². The molecule has 0 saturated heterocycles.